The van der Waals surface area contributed by atoms with Gasteiger partial charge in [-0.05, 0) is 30.2 Å². The summed E-state index contributed by atoms with van der Waals surface area (Å²) >= 11 is 3.43. The first-order chi connectivity index (χ1) is 7.17. The summed E-state index contributed by atoms with van der Waals surface area (Å²) < 4.78 is 11.3. The van der Waals surface area contributed by atoms with Crippen molar-refractivity contribution < 1.29 is 9.47 Å². The largest absolute Gasteiger partial charge is 0.496 e. The van der Waals surface area contributed by atoms with Gasteiger partial charge in [-0.3, -0.25) is 0 Å². The van der Waals surface area contributed by atoms with Gasteiger partial charge in [-0.1, -0.05) is 15.9 Å². The molecule has 1 aromatic rings. The van der Waals surface area contributed by atoms with E-state index in [1.807, 2.05) is 18.2 Å². The molecule has 0 amide bonds. The zero-order valence-electron chi connectivity index (χ0n) is 9.00. The van der Waals surface area contributed by atoms with E-state index in [4.69, 9.17) is 15.2 Å². The maximum absolute atomic E-state index is 5.89. The number of nitrogens with two attached hydrogens (primary N) is 1. The quantitative estimate of drug-likeness (QED) is 0.892. The van der Waals surface area contributed by atoms with Crippen LogP contribution in [0, 0.1) is 0 Å². The molecule has 1 rings (SSSR count). The van der Waals surface area contributed by atoms with Crippen LogP contribution in [0.3, 0.4) is 0 Å². The van der Waals surface area contributed by atoms with Crippen molar-refractivity contribution in [2.75, 3.05) is 20.8 Å². The minimum atomic E-state index is -0.00167. The summed E-state index contributed by atoms with van der Waals surface area (Å²) in [5.41, 5.74) is 6.99. The van der Waals surface area contributed by atoms with Gasteiger partial charge in [0.25, 0.3) is 0 Å². The van der Waals surface area contributed by atoms with Crippen molar-refractivity contribution in [1.82, 2.24) is 0 Å². The van der Waals surface area contributed by atoms with Crippen LogP contribution in [0.15, 0.2) is 22.7 Å². The van der Waals surface area contributed by atoms with E-state index in [1.54, 1.807) is 14.2 Å². The third-order valence-corrected chi connectivity index (χ3v) is 2.60. The molecule has 3 nitrogen and oxygen atoms in total. The average Bonchev–Trinajstić information content (AvgIpc) is 2.18. The lowest BCUT2D eigenvalue weighted by molar-refractivity contribution is 0.179. The van der Waals surface area contributed by atoms with Crippen molar-refractivity contribution in [3.05, 3.63) is 28.2 Å². The number of ether oxygens (including phenoxy) is 2. The van der Waals surface area contributed by atoms with E-state index in [-0.39, 0.29) is 6.04 Å². The molecule has 15 heavy (non-hydrogen) atoms. The van der Waals surface area contributed by atoms with Crippen LogP contribution in [0.5, 0.6) is 5.75 Å². The highest BCUT2D eigenvalue weighted by Gasteiger charge is 2.08. The molecule has 0 fully saturated rings. The van der Waals surface area contributed by atoms with E-state index in [0.717, 1.165) is 22.2 Å². The topological polar surface area (TPSA) is 44.5 Å². The van der Waals surface area contributed by atoms with E-state index in [9.17, 15) is 0 Å². The van der Waals surface area contributed by atoms with Gasteiger partial charge in [0.1, 0.15) is 5.75 Å². The van der Waals surface area contributed by atoms with Gasteiger partial charge in [-0.2, -0.15) is 0 Å². The van der Waals surface area contributed by atoms with Gasteiger partial charge in [0.15, 0.2) is 0 Å². The average molecular weight is 274 g/mol. The number of benzene rings is 1. The van der Waals surface area contributed by atoms with E-state index >= 15 is 0 Å². The molecule has 0 bridgehead atoms. The lowest BCUT2D eigenvalue weighted by Gasteiger charge is -2.13. The van der Waals surface area contributed by atoms with E-state index in [2.05, 4.69) is 15.9 Å². The Morgan fingerprint density at radius 2 is 2.13 bits per heavy atom. The van der Waals surface area contributed by atoms with Crippen LogP contribution in [0.1, 0.15) is 5.56 Å². The number of halogens is 1. The summed E-state index contributed by atoms with van der Waals surface area (Å²) in [6.45, 7) is 0.551. The molecule has 0 aliphatic rings. The second kappa shape index (κ2) is 6.10. The highest BCUT2D eigenvalue weighted by atomic mass is 79.9. The van der Waals surface area contributed by atoms with Gasteiger partial charge in [0.2, 0.25) is 0 Å². The first-order valence-electron chi connectivity index (χ1n) is 4.74. The SMILES string of the molecule is COCC(N)Cc1cc(Br)ccc1OC. The number of methoxy groups -OCH3 is 2. The summed E-state index contributed by atoms with van der Waals surface area (Å²) in [5, 5.41) is 0. The van der Waals surface area contributed by atoms with Crippen LogP contribution in [0.4, 0.5) is 0 Å². The fourth-order valence-electron chi connectivity index (χ4n) is 1.46. The van der Waals surface area contributed by atoms with E-state index in [0.29, 0.717) is 6.61 Å². The minimum absolute atomic E-state index is 0.00167. The third kappa shape index (κ3) is 3.81. The molecule has 0 saturated heterocycles. The Labute approximate surface area is 98.7 Å². The number of hydrogen-bond donors (Lipinski definition) is 1. The molecule has 0 aromatic heterocycles. The van der Waals surface area contributed by atoms with Crippen molar-refractivity contribution in [1.29, 1.82) is 0 Å². The van der Waals surface area contributed by atoms with Crippen LogP contribution in [0.25, 0.3) is 0 Å². The van der Waals surface area contributed by atoms with Crippen molar-refractivity contribution in [2.45, 2.75) is 12.5 Å². The lowest BCUT2D eigenvalue weighted by atomic mass is 10.1. The van der Waals surface area contributed by atoms with Crippen LogP contribution in [-0.4, -0.2) is 26.9 Å². The summed E-state index contributed by atoms with van der Waals surface area (Å²) in [6.07, 6.45) is 0.746. The molecule has 0 aliphatic carbocycles. The normalized spacial score (nSPS) is 12.5. The molecular formula is C11H16BrNO2. The van der Waals surface area contributed by atoms with Gasteiger partial charge in [0, 0.05) is 17.6 Å². The van der Waals surface area contributed by atoms with Crippen molar-refractivity contribution >= 4 is 15.9 Å². The Bertz CT molecular complexity index is 317. The summed E-state index contributed by atoms with van der Waals surface area (Å²) in [4.78, 5) is 0. The van der Waals surface area contributed by atoms with Crippen LogP contribution < -0.4 is 10.5 Å². The minimum Gasteiger partial charge on any atom is -0.496 e. The van der Waals surface area contributed by atoms with E-state index in [1.165, 1.54) is 0 Å². The fourth-order valence-corrected chi connectivity index (χ4v) is 1.87. The van der Waals surface area contributed by atoms with Crippen LogP contribution in [0.2, 0.25) is 0 Å². The second-order valence-electron chi connectivity index (χ2n) is 3.38. The Morgan fingerprint density at radius 3 is 2.73 bits per heavy atom. The Hall–Kier alpha value is -0.580. The molecule has 2 N–H and O–H groups in total. The van der Waals surface area contributed by atoms with Gasteiger partial charge >= 0.3 is 0 Å². The van der Waals surface area contributed by atoms with Crippen molar-refractivity contribution in [3.8, 4) is 5.75 Å². The molecule has 0 heterocycles. The summed E-state index contributed by atoms with van der Waals surface area (Å²) in [7, 11) is 3.31. The van der Waals surface area contributed by atoms with E-state index < -0.39 is 0 Å². The number of hydrogen-bond acceptors (Lipinski definition) is 3. The lowest BCUT2D eigenvalue weighted by Crippen LogP contribution is -2.28. The predicted octanol–water partition coefficient (Wildman–Crippen LogP) is 1.97. The monoisotopic (exact) mass is 273 g/mol. The molecule has 4 heteroatoms. The molecule has 1 atom stereocenters. The molecule has 0 saturated carbocycles. The highest BCUT2D eigenvalue weighted by Crippen LogP contribution is 2.23. The number of rotatable bonds is 5. The highest BCUT2D eigenvalue weighted by molar-refractivity contribution is 9.10. The van der Waals surface area contributed by atoms with Gasteiger partial charge in [-0.15, -0.1) is 0 Å². The Kier molecular flexibility index (Phi) is 5.08. The van der Waals surface area contributed by atoms with Gasteiger partial charge in [-0.25, -0.2) is 0 Å². The third-order valence-electron chi connectivity index (χ3n) is 2.11. The molecule has 84 valence electrons. The maximum Gasteiger partial charge on any atom is 0.122 e. The van der Waals surface area contributed by atoms with Crippen molar-refractivity contribution in [3.63, 3.8) is 0 Å². The summed E-state index contributed by atoms with van der Waals surface area (Å²) in [5.74, 6) is 0.866. The molecule has 1 unspecified atom stereocenters. The zero-order chi connectivity index (χ0) is 11.3. The first-order valence-corrected chi connectivity index (χ1v) is 5.53. The Morgan fingerprint density at radius 1 is 1.40 bits per heavy atom. The van der Waals surface area contributed by atoms with Crippen LogP contribution >= 0.6 is 15.9 Å². The van der Waals surface area contributed by atoms with Gasteiger partial charge in [0.05, 0.1) is 13.7 Å². The maximum atomic E-state index is 5.89. The molecule has 1 aromatic carbocycles. The summed E-state index contributed by atoms with van der Waals surface area (Å²) in [6, 6.07) is 5.90. The smallest absolute Gasteiger partial charge is 0.122 e. The zero-order valence-corrected chi connectivity index (χ0v) is 10.6. The standard InChI is InChI=1S/C11H16BrNO2/c1-14-7-10(13)6-8-5-9(12)3-4-11(8)15-2/h3-5,10H,6-7,13H2,1-2H3. The van der Waals surface area contributed by atoms with Crippen LogP contribution in [-0.2, 0) is 11.2 Å². The molecule has 0 spiro atoms. The molecule has 0 radical (unpaired) electrons. The Balaban J connectivity index is 2.77. The van der Waals surface area contributed by atoms with Gasteiger partial charge < -0.3 is 15.2 Å². The molecular weight excluding hydrogens is 258 g/mol. The first kappa shape index (κ1) is 12.5. The van der Waals surface area contributed by atoms with Crippen molar-refractivity contribution in [2.24, 2.45) is 5.73 Å². The predicted molar refractivity (Wildman–Crippen MR) is 64.2 cm³/mol. The molecule has 0 aliphatic heterocycles. The fraction of sp³-hybridized carbons (Fsp3) is 0.455. The second-order valence-corrected chi connectivity index (χ2v) is 4.29.